The number of carbonyl (C=O) groups is 3. The Morgan fingerprint density at radius 2 is 1.80 bits per heavy atom. The van der Waals surface area contributed by atoms with E-state index < -0.39 is 23.3 Å². The molecule has 182 valence electrons. The Labute approximate surface area is 206 Å². The molecule has 10 heteroatoms. The van der Waals surface area contributed by atoms with E-state index in [9.17, 15) is 18.8 Å². The molecule has 3 aromatic rings. The number of aromatic nitrogens is 2. The summed E-state index contributed by atoms with van der Waals surface area (Å²) in [6.07, 6.45) is 0. The van der Waals surface area contributed by atoms with Gasteiger partial charge in [-0.25, -0.2) is 9.18 Å². The Morgan fingerprint density at radius 3 is 2.46 bits per heavy atom. The molecule has 0 spiro atoms. The zero-order chi connectivity index (χ0) is 25.2. The van der Waals surface area contributed by atoms with Crippen LogP contribution in [0.1, 0.15) is 46.0 Å². The molecule has 0 radical (unpaired) electrons. The number of nitrogens with one attached hydrogen (secondary N) is 1. The molecule has 0 fully saturated rings. The second kappa shape index (κ2) is 9.87. The lowest BCUT2D eigenvalue weighted by Crippen LogP contribution is -2.63. The summed E-state index contributed by atoms with van der Waals surface area (Å²) in [5, 5.41) is 7.63. The predicted molar refractivity (Wildman–Crippen MR) is 126 cm³/mol. The van der Waals surface area contributed by atoms with Gasteiger partial charge in [-0.05, 0) is 49.2 Å². The Bertz CT molecular complexity index is 1260. The average Bonchev–Trinajstić information content (AvgIpc) is 3.26. The van der Waals surface area contributed by atoms with Crippen LogP contribution < -0.4 is 5.32 Å². The highest BCUT2D eigenvalue weighted by atomic mass is 35.5. The van der Waals surface area contributed by atoms with Gasteiger partial charge in [0.2, 0.25) is 5.91 Å². The van der Waals surface area contributed by atoms with Crippen LogP contribution in [0.2, 0.25) is 5.02 Å². The van der Waals surface area contributed by atoms with Crippen LogP contribution in [0.25, 0.3) is 0 Å². The second-order valence-corrected chi connectivity index (χ2v) is 8.83. The SMILES string of the molecule is CCOC(=O)c1cc2n(n1)C[C@@](C)(C(=O)NCc1ccc(F)cc1)N(Cc1ccc(Cl)cc1)C2=O. The molecule has 2 aromatic carbocycles. The minimum atomic E-state index is -1.33. The first kappa shape index (κ1) is 24.4. The van der Waals surface area contributed by atoms with Gasteiger partial charge in [0.1, 0.15) is 17.1 Å². The highest BCUT2D eigenvalue weighted by Gasteiger charge is 2.48. The number of esters is 1. The number of fused-ring (bicyclic) bond motifs is 1. The Balaban J connectivity index is 1.66. The van der Waals surface area contributed by atoms with Gasteiger partial charge in [-0.15, -0.1) is 0 Å². The number of hydrogen-bond donors (Lipinski definition) is 1. The molecule has 0 saturated carbocycles. The van der Waals surface area contributed by atoms with Crippen molar-refractivity contribution >= 4 is 29.4 Å². The molecule has 1 aromatic heterocycles. The zero-order valence-corrected chi connectivity index (χ0v) is 20.0. The van der Waals surface area contributed by atoms with Gasteiger partial charge in [0.25, 0.3) is 5.91 Å². The van der Waals surface area contributed by atoms with Crippen molar-refractivity contribution in [1.29, 1.82) is 0 Å². The number of amides is 2. The van der Waals surface area contributed by atoms with Gasteiger partial charge in [-0.2, -0.15) is 5.10 Å². The van der Waals surface area contributed by atoms with E-state index in [0.29, 0.717) is 10.6 Å². The van der Waals surface area contributed by atoms with E-state index in [1.54, 1.807) is 50.2 Å². The lowest BCUT2D eigenvalue weighted by molar-refractivity contribution is -0.133. The van der Waals surface area contributed by atoms with Crippen molar-refractivity contribution in [2.75, 3.05) is 6.61 Å². The molecule has 35 heavy (non-hydrogen) atoms. The molecule has 1 aliphatic rings. The summed E-state index contributed by atoms with van der Waals surface area (Å²) in [5.74, 6) is -1.88. The predicted octanol–water partition coefficient (Wildman–Crippen LogP) is 3.58. The fourth-order valence-corrected chi connectivity index (χ4v) is 4.07. The minimum Gasteiger partial charge on any atom is -0.461 e. The normalized spacial score (nSPS) is 17.1. The Hall–Kier alpha value is -3.72. The van der Waals surface area contributed by atoms with E-state index in [4.69, 9.17) is 16.3 Å². The first-order valence-corrected chi connectivity index (χ1v) is 11.4. The number of carbonyl (C=O) groups excluding carboxylic acids is 3. The quantitative estimate of drug-likeness (QED) is 0.502. The van der Waals surface area contributed by atoms with Gasteiger partial charge in [0.05, 0.1) is 13.2 Å². The largest absolute Gasteiger partial charge is 0.461 e. The van der Waals surface area contributed by atoms with E-state index in [1.807, 2.05) is 0 Å². The Kier molecular flexibility index (Phi) is 6.88. The third kappa shape index (κ3) is 5.05. The lowest BCUT2D eigenvalue weighted by Gasteiger charge is -2.43. The molecule has 2 heterocycles. The first-order valence-electron chi connectivity index (χ1n) is 11.1. The Morgan fingerprint density at radius 1 is 1.14 bits per heavy atom. The van der Waals surface area contributed by atoms with Crippen molar-refractivity contribution in [2.45, 2.75) is 39.0 Å². The summed E-state index contributed by atoms with van der Waals surface area (Å²) in [4.78, 5) is 40.7. The summed E-state index contributed by atoms with van der Waals surface area (Å²) in [6, 6.07) is 14.1. The second-order valence-electron chi connectivity index (χ2n) is 8.39. The summed E-state index contributed by atoms with van der Waals surface area (Å²) in [5.41, 5.74) is 0.336. The summed E-state index contributed by atoms with van der Waals surface area (Å²) >= 11 is 6.00. The number of rotatable bonds is 7. The third-order valence-electron chi connectivity index (χ3n) is 5.89. The summed E-state index contributed by atoms with van der Waals surface area (Å²) in [7, 11) is 0. The van der Waals surface area contributed by atoms with Crippen molar-refractivity contribution in [3.63, 3.8) is 0 Å². The van der Waals surface area contributed by atoms with Crippen LogP contribution in [0.15, 0.2) is 54.6 Å². The van der Waals surface area contributed by atoms with Crippen molar-refractivity contribution in [2.24, 2.45) is 0 Å². The summed E-state index contributed by atoms with van der Waals surface area (Å²) < 4.78 is 19.6. The van der Waals surface area contributed by atoms with Crippen LogP contribution in [-0.2, 0) is 29.2 Å². The highest BCUT2D eigenvalue weighted by Crippen LogP contribution is 2.30. The average molecular weight is 499 g/mol. The minimum absolute atomic E-state index is 0.00221. The van der Waals surface area contributed by atoms with Crippen LogP contribution >= 0.6 is 11.6 Å². The standard InChI is InChI=1S/C25H24ClFN4O4/c1-3-35-23(33)20-12-21-22(32)30(14-17-4-8-18(26)9-5-17)25(2,15-31(21)29-20)24(34)28-13-16-6-10-19(27)11-7-16/h4-12H,3,13-15H2,1-2H3,(H,28,34)/t25-/m0/s1. The van der Waals surface area contributed by atoms with Crippen LogP contribution in [-0.4, -0.2) is 44.6 Å². The number of nitrogens with zero attached hydrogens (tertiary/aromatic N) is 3. The van der Waals surface area contributed by atoms with Gasteiger partial charge in [0, 0.05) is 24.2 Å². The maximum absolute atomic E-state index is 13.6. The van der Waals surface area contributed by atoms with E-state index in [0.717, 1.165) is 5.56 Å². The van der Waals surface area contributed by atoms with Crippen LogP contribution in [0.5, 0.6) is 0 Å². The third-order valence-corrected chi connectivity index (χ3v) is 6.14. The molecule has 8 nitrogen and oxygen atoms in total. The van der Waals surface area contributed by atoms with Gasteiger partial charge in [-0.1, -0.05) is 35.9 Å². The molecule has 1 aliphatic heterocycles. The van der Waals surface area contributed by atoms with E-state index in [1.165, 1.54) is 27.8 Å². The van der Waals surface area contributed by atoms with Gasteiger partial charge < -0.3 is 15.0 Å². The smallest absolute Gasteiger partial charge is 0.358 e. The van der Waals surface area contributed by atoms with E-state index in [-0.39, 0.29) is 43.4 Å². The molecule has 4 rings (SSSR count). The van der Waals surface area contributed by atoms with Crippen molar-refractivity contribution in [3.8, 4) is 0 Å². The van der Waals surface area contributed by atoms with Gasteiger partial charge in [0.15, 0.2) is 5.69 Å². The molecule has 1 N–H and O–H groups in total. The van der Waals surface area contributed by atoms with Gasteiger partial charge >= 0.3 is 5.97 Å². The topological polar surface area (TPSA) is 93.5 Å². The highest BCUT2D eigenvalue weighted by molar-refractivity contribution is 6.30. The molecular formula is C25H24ClFN4O4. The number of benzene rings is 2. The molecule has 0 aliphatic carbocycles. The number of ether oxygens (including phenoxy) is 1. The fraction of sp³-hybridized carbons (Fsp3) is 0.280. The first-order chi connectivity index (χ1) is 16.7. The van der Waals surface area contributed by atoms with Crippen molar-refractivity contribution in [3.05, 3.63) is 88.0 Å². The molecule has 2 amide bonds. The molecule has 0 unspecified atom stereocenters. The molecule has 0 bridgehead atoms. The van der Waals surface area contributed by atoms with Crippen LogP contribution in [0.3, 0.4) is 0 Å². The lowest BCUT2D eigenvalue weighted by atomic mass is 9.94. The number of hydrogen-bond acceptors (Lipinski definition) is 5. The van der Waals surface area contributed by atoms with E-state index >= 15 is 0 Å². The van der Waals surface area contributed by atoms with E-state index in [2.05, 4.69) is 10.4 Å². The summed E-state index contributed by atoms with van der Waals surface area (Å²) in [6.45, 7) is 3.80. The molecular weight excluding hydrogens is 475 g/mol. The monoisotopic (exact) mass is 498 g/mol. The van der Waals surface area contributed by atoms with Crippen LogP contribution in [0, 0.1) is 5.82 Å². The molecule has 0 saturated heterocycles. The zero-order valence-electron chi connectivity index (χ0n) is 19.3. The number of halogens is 2. The molecule has 1 atom stereocenters. The fourth-order valence-electron chi connectivity index (χ4n) is 3.94. The van der Waals surface area contributed by atoms with Crippen LogP contribution in [0.4, 0.5) is 4.39 Å². The maximum Gasteiger partial charge on any atom is 0.358 e. The van der Waals surface area contributed by atoms with Gasteiger partial charge in [-0.3, -0.25) is 14.3 Å². The maximum atomic E-state index is 13.6. The van der Waals surface area contributed by atoms with Crippen molar-refractivity contribution in [1.82, 2.24) is 20.0 Å². The van der Waals surface area contributed by atoms with Crippen molar-refractivity contribution < 1.29 is 23.5 Å².